The summed E-state index contributed by atoms with van der Waals surface area (Å²) in [6.45, 7) is 3.98. The monoisotopic (exact) mass is 244 g/mol. The molecule has 0 N–H and O–H groups in total. The Morgan fingerprint density at radius 1 is 1.33 bits per heavy atom. The quantitative estimate of drug-likeness (QED) is 0.658. The Bertz CT molecular complexity index is 375. The topological polar surface area (TPSA) is 37.4 Å². The molecule has 0 aliphatic rings. The number of amides is 1. The fourth-order valence-corrected chi connectivity index (χ4v) is 1.53. The van der Waals surface area contributed by atoms with E-state index in [9.17, 15) is 9.59 Å². The SMILES string of the molecule is CC(=O)[CH][CH][CH]C(C)N(C=O)Cc1ccccc1. The van der Waals surface area contributed by atoms with Crippen molar-refractivity contribution in [3.63, 3.8) is 0 Å². The van der Waals surface area contributed by atoms with Crippen molar-refractivity contribution in [3.8, 4) is 0 Å². The number of benzene rings is 1. The van der Waals surface area contributed by atoms with Crippen molar-refractivity contribution >= 4 is 12.2 Å². The number of hydrogen-bond donors (Lipinski definition) is 0. The molecule has 95 valence electrons. The summed E-state index contributed by atoms with van der Waals surface area (Å²) in [6.07, 6.45) is 5.84. The van der Waals surface area contributed by atoms with Crippen LogP contribution in [0.1, 0.15) is 19.4 Å². The summed E-state index contributed by atoms with van der Waals surface area (Å²) in [5, 5.41) is 0. The zero-order valence-electron chi connectivity index (χ0n) is 10.7. The van der Waals surface area contributed by atoms with E-state index in [4.69, 9.17) is 0 Å². The molecule has 0 fully saturated rings. The summed E-state index contributed by atoms with van der Waals surface area (Å²) >= 11 is 0. The third kappa shape index (κ3) is 5.13. The highest BCUT2D eigenvalue weighted by Crippen LogP contribution is 2.10. The first-order valence-electron chi connectivity index (χ1n) is 5.90. The largest absolute Gasteiger partial charge is 0.338 e. The van der Waals surface area contributed by atoms with E-state index < -0.39 is 0 Å². The van der Waals surface area contributed by atoms with E-state index in [0.717, 1.165) is 12.0 Å². The van der Waals surface area contributed by atoms with E-state index in [1.54, 1.807) is 11.3 Å². The molecule has 1 rings (SSSR count). The third-order valence-electron chi connectivity index (χ3n) is 2.59. The third-order valence-corrected chi connectivity index (χ3v) is 2.59. The fraction of sp³-hybridized carbons (Fsp3) is 0.267. The fourth-order valence-electron chi connectivity index (χ4n) is 1.53. The zero-order valence-corrected chi connectivity index (χ0v) is 10.7. The average molecular weight is 244 g/mol. The highest BCUT2D eigenvalue weighted by atomic mass is 16.1. The molecule has 3 nitrogen and oxygen atoms in total. The summed E-state index contributed by atoms with van der Waals surface area (Å²) in [4.78, 5) is 23.5. The molecule has 1 aromatic carbocycles. The second-order valence-corrected chi connectivity index (χ2v) is 4.17. The number of carbonyl (C=O) groups is 2. The minimum atomic E-state index is -0.0432. The van der Waals surface area contributed by atoms with E-state index in [2.05, 4.69) is 0 Å². The highest BCUT2D eigenvalue weighted by molar-refractivity contribution is 5.86. The van der Waals surface area contributed by atoms with Crippen LogP contribution in [0.5, 0.6) is 0 Å². The normalized spacial score (nSPS) is 11.9. The van der Waals surface area contributed by atoms with E-state index in [1.807, 2.05) is 43.7 Å². The Balaban J connectivity index is 2.45. The van der Waals surface area contributed by atoms with E-state index in [-0.39, 0.29) is 11.8 Å². The van der Waals surface area contributed by atoms with Crippen LogP contribution in [0.4, 0.5) is 0 Å². The first-order chi connectivity index (χ1) is 8.63. The first-order valence-corrected chi connectivity index (χ1v) is 5.90. The molecule has 0 aliphatic heterocycles. The van der Waals surface area contributed by atoms with E-state index >= 15 is 0 Å². The average Bonchev–Trinajstić information content (AvgIpc) is 2.36. The maximum Gasteiger partial charge on any atom is 0.210 e. The van der Waals surface area contributed by atoms with Gasteiger partial charge in [-0.15, -0.1) is 0 Å². The molecule has 1 aromatic rings. The number of rotatable bonds is 8. The summed E-state index contributed by atoms with van der Waals surface area (Å²) in [7, 11) is 0. The van der Waals surface area contributed by atoms with Crippen LogP contribution in [0.15, 0.2) is 30.3 Å². The van der Waals surface area contributed by atoms with Gasteiger partial charge in [0.05, 0.1) is 0 Å². The molecule has 3 heteroatoms. The van der Waals surface area contributed by atoms with Gasteiger partial charge in [0.2, 0.25) is 6.41 Å². The van der Waals surface area contributed by atoms with E-state index in [1.165, 1.54) is 13.3 Å². The van der Waals surface area contributed by atoms with Gasteiger partial charge in [-0.05, 0) is 32.3 Å². The number of nitrogens with zero attached hydrogens (tertiary/aromatic N) is 1. The van der Waals surface area contributed by atoms with Crippen LogP contribution in [0.25, 0.3) is 0 Å². The molecule has 0 spiro atoms. The standard InChI is InChI=1S/C15H18NO2/c1-13(7-6-8-14(2)18)16(12-17)11-15-9-4-3-5-10-15/h3-10,12-13H,11H2,1-2H3. The molecular weight excluding hydrogens is 226 g/mol. The minimum Gasteiger partial charge on any atom is -0.338 e. The van der Waals surface area contributed by atoms with Crippen LogP contribution in [0.2, 0.25) is 0 Å². The van der Waals surface area contributed by atoms with Crippen molar-refractivity contribution in [2.75, 3.05) is 0 Å². The molecule has 1 amide bonds. The Kier molecular flexibility index (Phi) is 6.12. The smallest absolute Gasteiger partial charge is 0.210 e. The van der Waals surface area contributed by atoms with Gasteiger partial charge in [-0.3, -0.25) is 9.59 Å². The van der Waals surface area contributed by atoms with Crippen molar-refractivity contribution in [2.45, 2.75) is 26.4 Å². The molecule has 18 heavy (non-hydrogen) atoms. The molecule has 0 saturated carbocycles. The minimum absolute atomic E-state index is 0.000776. The number of ketones is 1. The number of Topliss-reactive ketones (excluding diaryl/α,β-unsaturated/α-hetero) is 1. The Morgan fingerprint density at radius 2 is 2.00 bits per heavy atom. The summed E-state index contributed by atoms with van der Waals surface area (Å²) < 4.78 is 0. The predicted molar refractivity (Wildman–Crippen MR) is 71.1 cm³/mol. The van der Waals surface area contributed by atoms with Crippen molar-refractivity contribution in [1.29, 1.82) is 0 Å². The molecular formula is C15H18NO2. The van der Waals surface area contributed by atoms with Gasteiger partial charge in [-0.1, -0.05) is 30.3 Å². The van der Waals surface area contributed by atoms with Gasteiger partial charge in [-0.2, -0.15) is 0 Å². The lowest BCUT2D eigenvalue weighted by Gasteiger charge is -2.24. The van der Waals surface area contributed by atoms with Gasteiger partial charge in [0.1, 0.15) is 5.78 Å². The Morgan fingerprint density at radius 3 is 2.56 bits per heavy atom. The van der Waals surface area contributed by atoms with Crippen molar-refractivity contribution in [2.24, 2.45) is 0 Å². The second kappa shape index (κ2) is 7.64. The van der Waals surface area contributed by atoms with Crippen LogP contribution in [0, 0.1) is 19.3 Å². The molecule has 0 aliphatic carbocycles. The van der Waals surface area contributed by atoms with Gasteiger partial charge in [0.15, 0.2) is 0 Å². The van der Waals surface area contributed by atoms with Crippen molar-refractivity contribution < 1.29 is 9.59 Å². The lowest BCUT2D eigenvalue weighted by molar-refractivity contribution is -0.119. The Hall–Kier alpha value is -1.64. The van der Waals surface area contributed by atoms with Crippen LogP contribution in [-0.2, 0) is 16.1 Å². The van der Waals surface area contributed by atoms with E-state index in [0.29, 0.717) is 6.54 Å². The highest BCUT2D eigenvalue weighted by Gasteiger charge is 2.12. The maximum atomic E-state index is 11.1. The Labute approximate surface area is 109 Å². The van der Waals surface area contributed by atoms with Crippen LogP contribution < -0.4 is 0 Å². The van der Waals surface area contributed by atoms with Gasteiger partial charge < -0.3 is 4.90 Å². The van der Waals surface area contributed by atoms with Crippen LogP contribution in [0.3, 0.4) is 0 Å². The summed E-state index contributed by atoms with van der Waals surface area (Å²) in [6, 6.07) is 9.76. The summed E-state index contributed by atoms with van der Waals surface area (Å²) in [5.41, 5.74) is 1.08. The second-order valence-electron chi connectivity index (χ2n) is 4.17. The zero-order chi connectivity index (χ0) is 13.4. The molecule has 1 atom stereocenters. The van der Waals surface area contributed by atoms with Crippen LogP contribution in [-0.4, -0.2) is 23.1 Å². The first kappa shape index (κ1) is 14.4. The van der Waals surface area contributed by atoms with Gasteiger partial charge in [0, 0.05) is 19.0 Å². The lowest BCUT2D eigenvalue weighted by Crippen LogP contribution is -2.31. The summed E-state index contributed by atoms with van der Waals surface area (Å²) in [5.74, 6) is -0.000776. The molecule has 0 saturated heterocycles. The predicted octanol–water partition coefficient (Wildman–Crippen LogP) is 2.24. The number of hydrogen-bond acceptors (Lipinski definition) is 2. The maximum absolute atomic E-state index is 11.1. The van der Waals surface area contributed by atoms with Crippen molar-refractivity contribution in [1.82, 2.24) is 4.90 Å². The lowest BCUT2D eigenvalue weighted by atomic mass is 10.1. The van der Waals surface area contributed by atoms with Crippen molar-refractivity contribution in [3.05, 3.63) is 55.2 Å². The molecule has 0 heterocycles. The molecule has 0 aromatic heterocycles. The molecule has 1 unspecified atom stereocenters. The van der Waals surface area contributed by atoms with Gasteiger partial charge >= 0.3 is 0 Å². The van der Waals surface area contributed by atoms with Gasteiger partial charge in [0.25, 0.3) is 0 Å². The van der Waals surface area contributed by atoms with Gasteiger partial charge in [-0.25, -0.2) is 0 Å². The molecule has 0 bridgehead atoms. The molecule has 3 radical (unpaired) electrons. The van der Waals surface area contributed by atoms with Crippen LogP contribution >= 0.6 is 0 Å². The number of carbonyl (C=O) groups excluding carboxylic acids is 2.